The Balaban J connectivity index is 1.97. The van der Waals surface area contributed by atoms with Crippen LogP contribution in [0.1, 0.15) is 31.1 Å². The lowest BCUT2D eigenvalue weighted by atomic mass is 10.1. The Hall–Kier alpha value is -2.07. The first kappa shape index (κ1) is 12.9. The van der Waals surface area contributed by atoms with Crippen molar-refractivity contribution in [1.29, 1.82) is 0 Å². The van der Waals surface area contributed by atoms with Crippen molar-refractivity contribution in [1.82, 2.24) is 14.3 Å². The zero-order valence-corrected chi connectivity index (χ0v) is 12.0. The summed E-state index contributed by atoms with van der Waals surface area (Å²) in [6.07, 6.45) is 4.15. The molecule has 2 heterocycles. The summed E-state index contributed by atoms with van der Waals surface area (Å²) in [5.41, 5.74) is 9.31. The molecule has 104 valence electrons. The van der Waals surface area contributed by atoms with Gasteiger partial charge in [-0.1, -0.05) is 18.2 Å². The second-order valence-electron chi connectivity index (χ2n) is 5.38. The van der Waals surface area contributed by atoms with E-state index in [4.69, 9.17) is 5.73 Å². The van der Waals surface area contributed by atoms with E-state index in [1.165, 1.54) is 16.5 Å². The number of rotatable bonds is 4. The van der Waals surface area contributed by atoms with Crippen molar-refractivity contribution in [3.8, 4) is 0 Å². The van der Waals surface area contributed by atoms with Crippen molar-refractivity contribution in [2.75, 3.05) is 0 Å². The minimum Gasteiger partial charge on any atom is -0.341 e. The Morgan fingerprint density at radius 3 is 2.70 bits per heavy atom. The summed E-state index contributed by atoms with van der Waals surface area (Å²) in [6, 6.07) is 10.9. The van der Waals surface area contributed by atoms with Gasteiger partial charge in [-0.25, -0.2) is 0 Å². The number of benzene rings is 1. The SMILES string of the molecule is CC(C)n1ccc(Cn2ccc3cccc(CN)c32)n1. The predicted octanol–water partition coefficient (Wildman–Crippen LogP) is 2.93. The van der Waals surface area contributed by atoms with Gasteiger partial charge in [-0.2, -0.15) is 5.10 Å². The molecule has 0 saturated carbocycles. The maximum Gasteiger partial charge on any atom is 0.0821 e. The molecule has 0 amide bonds. The van der Waals surface area contributed by atoms with E-state index < -0.39 is 0 Å². The van der Waals surface area contributed by atoms with Crippen LogP contribution < -0.4 is 5.73 Å². The van der Waals surface area contributed by atoms with Crippen molar-refractivity contribution in [2.45, 2.75) is 33.0 Å². The quantitative estimate of drug-likeness (QED) is 0.791. The highest BCUT2D eigenvalue weighted by molar-refractivity contribution is 5.83. The van der Waals surface area contributed by atoms with Crippen LogP contribution in [0.3, 0.4) is 0 Å². The van der Waals surface area contributed by atoms with E-state index in [0.717, 1.165) is 12.2 Å². The summed E-state index contributed by atoms with van der Waals surface area (Å²) < 4.78 is 4.22. The van der Waals surface area contributed by atoms with Gasteiger partial charge in [0, 0.05) is 25.0 Å². The van der Waals surface area contributed by atoms with E-state index in [1.807, 2.05) is 10.9 Å². The lowest BCUT2D eigenvalue weighted by Gasteiger charge is -2.08. The molecule has 2 aromatic heterocycles. The fourth-order valence-electron chi connectivity index (χ4n) is 2.56. The summed E-state index contributed by atoms with van der Waals surface area (Å²) in [5.74, 6) is 0. The van der Waals surface area contributed by atoms with Gasteiger partial charge in [0.1, 0.15) is 0 Å². The van der Waals surface area contributed by atoms with Crippen LogP contribution in [0, 0.1) is 0 Å². The first-order valence-electron chi connectivity index (χ1n) is 7.00. The lowest BCUT2D eigenvalue weighted by molar-refractivity contribution is 0.524. The van der Waals surface area contributed by atoms with Crippen molar-refractivity contribution >= 4 is 10.9 Å². The summed E-state index contributed by atoms with van der Waals surface area (Å²) in [4.78, 5) is 0. The molecule has 3 rings (SSSR count). The molecule has 0 radical (unpaired) electrons. The molecule has 0 bridgehead atoms. The molecule has 0 unspecified atom stereocenters. The van der Waals surface area contributed by atoms with Gasteiger partial charge in [0.15, 0.2) is 0 Å². The Bertz CT molecular complexity index is 721. The van der Waals surface area contributed by atoms with E-state index >= 15 is 0 Å². The smallest absolute Gasteiger partial charge is 0.0821 e. The van der Waals surface area contributed by atoms with Gasteiger partial charge in [0.25, 0.3) is 0 Å². The molecule has 0 aliphatic rings. The Morgan fingerprint density at radius 1 is 1.15 bits per heavy atom. The topological polar surface area (TPSA) is 48.8 Å². The van der Waals surface area contributed by atoms with Crippen molar-refractivity contribution in [3.05, 3.63) is 54.0 Å². The van der Waals surface area contributed by atoms with Crippen LogP contribution in [0.5, 0.6) is 0 Å². The third kappa shape index (κ3) is 2.23. The highest BCUT2D eigenvalue weighted by atomic mass is 15.3. The van der Waals surface area contributed by atoms with Gasteiger partial charge in [-0.05, 0) is 36.9 Å². The molecule has 0 atom stereocenters. The fourth-order valence-corrected chi connectivity index (χ4v) is 2.56. The molecule has 2 N–H and O–H groups in total. The molecule has 20 heavy (non-hydrogen) atoms. The molecule has 0 spiro atoms. The Labute approximate surface area is 118 Å². The number of aromatic nitrogens is 3. The standard InChI is InChI=1S/C16H20N4/c1-12(2)20-9-7-15(18-20)11-19-8-6-13-4-3-5-14(10-17)16(13)19/h3-9,12H,10-11,17H2,1-2H3. The van der Waals surface area contributed by atoms with Crippen molar-refractivity contribution < 1.29 is 0 Å². The minimum absolute atomic E-state index is 0.393. The minimum atomic E-state index is 0.393. The van der Waals surface area contributed by atoms with Crippen LogP contribution in [0.15, 0.2) is 42.7 Å². The number of para-hydroxylation sites is 1. The second-order valence-corrected chi connectivity index (χ2v) is 5.38. The largest absolute Gasteiger partial charge is 0.341 e. The normalized spacial score (nSPS) is 11.6. The molecule has 0 aliphatic carbocycles. The first-order chi connectivity index (χ1) is 9.69. The zero-order chi connectivity index (χ0) is 14.1. The van der Waals surface area contributed by atoms with Gasteiger partial charge in [-0.15, -0.1) is 0 Å². The maximum atomic E-state index is 5.85. The molecule has 0 fully saturated rings. The van der Waals surface area contributed by atoms with E-state index in [-0.39, 0.29) is 0 Å². The average Bonchev–Trinajstić information content (AvgIpc) is 3.06. The predicted molar refractivity (Wildman–Crippen MR) is 81.5 cm³/mol. The molecule has 0 saturated heterocycles. The number of hydrogen-bond acceptors (Lipinski definition) is 2. The molecule has 3 aromatic rings. The zero-order valence-electron chi connectivity index (χ0n) is 12.0. The van der Waals surface area contributed by atoms with Gasteiger partial charge in [-0.3, -0.25) is 4.68 Å². The van der Waals surface area contributed by atoms with Crippen LogP contribution in [-0.2, 0) is 13.1 Å². The summed E-state index contributed by atoms with van der Waals surface area (Å²) in [7, 11) is 0. The van der Waals surface area contributed by atoms with E-state index in [1.54, 1.807) is 0 Å². The van der Waals surface area contributed by atoms with E-state index in [0.29, 0.717) is 12.6 Å². The monoisotopic (exact) mass is 268 g/mol. The average molecular weight is 268 g/mol. The van der Waals surface area contributed by atoms with Crippen molar-refractivity contribution in [2.24, 2.45) is 5.73 Å². The first-order valence-corrected chi connectivity index (χ1v) is 7.00. The number of hydrogen-bond donors (Lipinski definition) is 1. The van der Waals surface area contributed by atoms with Gasteiger partial charge >= 0.3 is 0 Å². The lowest BCUT2D eigenvalue weighted by Crippen LogP contribution is -2.06. The number of nitrogens with zero attached hydrogens (tertiary/aromatic N) is 3. The number of nitrogens with two attached hydrogens (primary N) is 1. The third-order valence-corrected chi connectivity index (χ3v) is 3.62. The molecular weight excluding hydrogens is 248 g/mol. The fraction of sp³-hybridized carbons (Fsp3) is 0.312. The van der Waals surface area contributed by atoms with Crippen LogP contribution in [0.4, 0.5) is 0 Å². The molecule has 4 heteroatoms. The molecule has 0 aliphatic heterocycles. The maximum absolute atomic E-state index is 5.85. The number of fused-ring (bicyclic) bond motifs is 1. The molecule has 4 nitrogen and oxygen atoms in total. The van der Waals surface area contributed by atoms with Crippen LogP contribution in [-0.4, -0.2) is 14.3 Å². The second kappa shape index (κ2) is 5.13. The Kier molecular flexibility index (Phi) is 3.32. The van der Waals surface area contributed by atoms with Crippen molar-refractivity contribution in [3.63, 3.8) is 0 Å². The third-order valence-electron chi connectivity index (χ3n) is 3.62. The van der Waals surface area contributed by atoms with E-state index in [2.05, 4.69) is 60.0 Å². The van der Waals surface area contributed by atoms with Gasteiger partial charge in [0.05, 0.1) is 17.8 Å². The molecule has 1 aromatic carbocycles. The van der Waals surface area contributed by atoms with E-state index in [9.17, 15) is 0 Å². The highest BCUT2D eigenvalue weighted by Crippen LogP contribution is 2.21. The van der Waals surface area contributed by atoms with Crippen LogP contribution in [0.2, 0.25) is 0 Å². The van der Waals surface area contributed by atoms with Crippen LogP contribution >= 0.6 is 0 Å². The Morgan fingerprint density at radius 2 is 2.00 bits per heavy atom. The van der Waals surface area contributed by atoms with Gasteiger partial charge < -0.3 is 10.3 Å². The molecular formula is C16H20N4. The summed E-state index contributed by atoms with van der Waals surface area (Å²) >= 11 is 0. The summed E-state index contributed by atoms with van der Waals surface area (Å²) in [5, 5.41) is 5.84. The summed E-state index contributed by atoms with van der Waals surface area (Å²) in [6.45, 7) is 5.60. The van der Waals surface area contributed by atoms with Gasteiger partial charge in [0.2, 0.25) is 0 Å². The highest BCUT2D eigenvalue weighted by Gasteiger charge is 2.08. The van der Waals surface area contributed by atoms with Crippen LogP contribution in [0.25, 0.3) is 10.9 Å².